The van der Waals surface area contributed by atoms with Gasteiger partial charge in [-0.25, -0.2) is 0 Å². The number of rotatable bonds is 5. The maximum Gasteiger partial charge on any atom is 0.305 e. The van der Waals surface area contributed by atoms with E-state index in [2.05, 4.69) is 10.1 Å². The molecule has 1 aromatic carbocycles. The molecule has 0 heterocycles. The minimum atomic E-state index is -0.321. The van der Waals surface area contributed by atoms with Gasteiger partial charge in [-0.15, -0.1) is 0 Å². The number of ether oxygens (including phenoxy) is 1. The van der Waals surface area contributed by atoms with Gasteiger partial charge in [-0.3, -0.25) is 9.59 Å². The summed E-state index contributed by atoms with van der Waals surface area (Å²) in [5.41, 5.74) is 1.17. The number of nitriles is 1. The summed E-state index contributed by atoms with van der Waals surface area (Å²) in [5.74, 6) is -0.564. The van der Waals surface area contributed by atoms with Crippen LogP contribution in [0.4, 0.5) is 5.69 Å². The minimum Gasteiger partial charge on any atom is -0.469 e. The van der Waals surface area contributed by atoms with E-state index in [0.717, 1.165) is 0 Å². The van der Waals surface area contributed by atoms with Crippen LogP contribution in [0.25, 0.3) is 0 Å². The summed E-state index contributed by atoms with van der Waals surface area (Å²) in [5, 5.41) is 11.4. The molecule has 0 aliphatic rings. The highest BCUT2D eigenvalue weighted by molar-refractivity contribution is 5.91. The first-order chi connectivity index (χ1) is 9.05. The maximum absolute atomic E-state index is 11.7. The van der Waals surface area contributed by atoms with Crippen molar-refractivity contribution in [3.63, 3.8) is 0 Å². The predicted molar refractivity (Wildman–Crippen MR) is 70.2 cm³/mol. The second-order valence-corrected chi connectivity index (χ2v) is 4.33. The number of hydrogen-bond acceptors (Lipinski definition) is 4. The van der Waals surface area contributed by atoms with Crippen LogP contribution >= 0.6 is 0 Å². The molecule has 1 amide bonds. The Morgan fingerprint density at radius 3 is 2.47 bits per heavy atom. The summed E-state index contributed by atoms with van der Waals surface area (Å²) < 4.78 is 4.54. The van der Waals surface area contributed by atoms with Gasteiger partial charge in [-0.1, -0.05) is 6.92 Å². The Kier molecular flexibility index (Phi) is 5.55. The van der Waals surface area contributed by atoms with Crippen LogP contribution < -0.4 is 5.32 Å². The highest BCUT2D eigenvalue weighted by Gasteiger charge is 2.13. The van der Waals surface area contributed by atoms with Crippen molar-refractivity contribution in [2.45, 2.75) is 19.8 Å². The number of nitrogens with one attached hydrogen (secondary N) is 1. The summed E-state index contributed by atoms with van der Waals surface area (Å²) in [6.07, 6.45) is 0.465. The van der Waals surface area contributed by atoms with Gasteiger partial charge in [-0.2, -0.15) is 5.26 Å². The standard InChI is InChI=1S/C14H16N2O3/c1-10(8-14(18)19-2)7-13(17)16-12-5-3-11(9-15)4-6-12/h3-6,10H,7-8H2,1-2H3,(H,16,17)/t10-/m0/s1. The molecule has 1 aromatic rings. The molecule has 0 fully saturated rings. The molecule has 0 bridgehead atoms. The molecule has 1 atom stereocenters. The van der Waals surface area contributed by atoms with Crippen molar-refractivity contribution in [2.24, 2.45) is 5.92 Å². The third-order valence-corrected chi connectivity index (χ3v) is 2.57. The zero-order valence-corrected chi connectivity index (χ0v) is 11.0. The van der Waals surface area contributed by atoms with Crippen molar-refractivity contribution in [3.8, 4) is 6.07 Å². The van der Waals surface area contributed by atoms with E-state index in [1.54, 1.807) is 24.3 Å². The molecule has 0 radical (unpaired) electrons. The van der Waals surface area contributed by atoms with Gasteiger partial charge in [0.15, 0.2) is 0 Å². The van der Waals surface area contributed by atoms with Crippen LogP contribution in [0.3, 0.4) is 0 Å². The Balaban J connectivity index is 2.46. The van der Waals surface area contributed by atoms with Crippen LogP contribution in [0.15, 0.2) is 24.3 Å². The lowest BCUT2D eigenvalue weighted by molar-refractivity contribution is -0.141. The van der Waals surface area contributed by atoms with Gasteiger partial charge in [0.2, 0.25) is 5.91 Å². The van der Waals surface area contributed by atoms with E-state index < -0.39 is 0 Å². The number of nitrogens with zero attached hydrogens (tertiary/aromatic N) is 1. The van der Waals surface area contributed by atoms with Gasteiger partial charge in [0.25, 0.3) is 0 Å². The second kappa shape index (κ2) is 7.17. The van der Waals surface area contributed by atoms with E-state index >= 15 is 0 Å². The van der Waals surface area contributed by atoms with Crippen LogP contribution in [0.5, 0.6) is 0 Å². The van der Waals surface area contributed by atoms with E-state index in [-0.39, 0.29) is 30.6 Å². The Bertz CT molecular complexity index is 488. The van der Waals surface area contributed by atoms with Gasteiger partial charge >= 0.3 is 5.97 Å². The Morgan fingerprint density at radius 2 is 1.95 bits per heavy atom. The number of hydrogen-bond donors (Lipinski definition) is 1. The first-order valence-corrected chi connectivity index (χ1v) is 5.92. The molecule has 5 heteroatoms. The molecule has 0 saturated heterocycles. The largest absolute Gasteiger partial charge is 0.469 e. The number of methoxy groups -OCH3 is 1. The lowest BCUT2D eigenvalue weighted by Gasteiger charge is -2.10. The van der Waals surface area contributed by atoms with Crippen LogP contribution in [0.1, 0.15) is 25.3 Å². The average molecular weight is 260 g/mol. The summed E-state index contributed by atoms with van der Waals surface area (Å²) in [6.45, 7) is 1.81. The van der Waals surface area contributed by atoms with Gasteiger partial charge in [0.05, 0.1) is 18.7 Å². The number of anilines is 1. The molecule has 5 nitrogen and oxygen atoms in total. The van der Waals surface area contributed by atoms with Crippen LogP contribution in [0, 0.1) is 17.2 Å². The fourth-order valence-electron chi connectivity index (χ4n) is 1.60. The lowest BCUT2D eigenvalue weighted by atomic mass is 10.0. The predicted octanol–water partition coefficient (Wildman–Crippen LogP) is 2.09. The van der Waals surface area contributed by atoms with Crippen molar-refractivity contribution >= 4 is 17.6 Å². The highest BCUT2D eigenvalue weighted by Crippen LogP contribution is 2.13. The number of carbonyl (C=O) groups excluding carboxylic acids is 2. The Morgan fingerprint density at radius 1 is 1.32 bits per heavy atom. The Hall–Kier alpha value is -2.35. The molecule has 0 saturated carbocycles. The molecule has 0 aromatic heterocycles. The number of carbonyl (C=O) groups is 2. The molecule has 0 aliphatic heterocycles. The van der Waals surface area contributed by atoms with Crippen molar-refractivity contribution in [3.05, 3.63) is 29.8 Å². The lowest BCUT2D eigenvalue weighted by Crippen LogP contribution is -2.17. The van der Waals surface area contributed by atoms with Crippen molar-refractivity contribution < 1.29 is 14.3 Å². The third kappa shape index (κ3) is 5.21. The molecule has 19 heavy (non-hydrogen) atoms. The molecule has 100 valence electrons. The molecule has 0 unspecified atom stereocenters. The van der Waals surface area contributed by atoms with E-state index in [1.165, 1.54) is 7.11 Å². The molecule has 1 N–H and O–H groups in total. The highest BCUT2D eigenvalue weighted by atomic mass is 16.5. The second-order valence-electron chi connectivity index (χ2n) is 4.33. The van der Waals surface area contributed by atoms with Gasteiger partial charge in [0, 0.05) is 18.5 Å². The fraction of sp³-hybridized carbons (Fsp3) is 0.357. The van der Waals surface area contributed by atoms with E-state index in [4.69, 9.17) is 5.26 Å². The van der Waals surface area contributed by atoms with Crippen molar-refractivity contribution in [1.29, 1.82) is 5.26 Å². The zero-order valence-electron chi connectivity index (χ0n) is 11.0. The average Bonchev–Trinajstić information content (AvgIpc) is 2.39. The monoisotopic (exact) mass is 260 g/mol. The van der Waals surface area contributed by atoms with Gasteiger partial charge in [0.1, 0.15) is 0 Å². The van der Waals surface area contributed by atoms with Crippen LogP contribution in [-0.4, -0.2) is 19.0 Å². The smallest absolute Gasteiger partial charge is 0.305 e. The molecular formula is C14H16N2O3. The number of amides is 1. The number of benzene rings is 1. The summed E-state index contributed by atoms with van der Waals surface area (Å²) >= 11 is 0. The molecule has 0 aliphatic carbocycles. The summed E-state index contributed by atoms with van der Waals surface area (Å²) in [6, 6.07) is 8.60. The van der Waals surface area contributed by atoms with Gasteiger partial charge in [-0.05, 0) is 30.2 Å². The summed E-state index contributed by atoms with van der Waals surface area (Å²) in [4.78, 5) is 22.8. The van der Waals surface area contributed by atoms with E-state index in [9.17, 15) is 9.59 Å². The quantitative estimate of drug-likeness (QED) is 0.822. The first-order valence-electron chi connectivity index (χ1n) is 5.92. The summed E-state index contributed by atoms with van der Waals surface area (Å²) in [7, 11) is 1.33. The molecular weight excluding hydrogens is 244 g/mol. The first kappa shape index (κ1) is 14.7. The van der Waals surface area contributed by atoms with E-state index in [0.29, 0.717) is 11.3 Å². The van der Waals surface area contributed by atoms with Crippen molar-refractivity contribution in [2.75, 3.05) is 12.4 Å². The molecule has 0 spiro atoms. The van der Waals surface area contributed by atoms with Gasteiger partial charge < -0.3 is 10.1 Å². The topological polar surface area (TPSA) is 79.2 Å². The Labute approximate surface area is 112 Å². The fourth-order valence-corrected chi connectivity index (χ4v) is 1.60. The van der Waals surface area contributed by atoms with Crippen molar-refractivity contribution in [1.82, 2.24) is 0 Å². The minimum absolute atomic E-state index is 0.0779. The number of esters is 1. The normalized spacial score (nSPS) is 11.2. The third-order valence-electron chi connectivity index (χ3n) is 2.57. The molecule has 1 rings (SSSR count). The van der Waals surface area contributed by atoms with Crippen LogP contribution in [-0.2, 0) is 14.3 Å². The maximum atomic E-state index is 11.7. The van der Waals surface area contributed by atoms with E-state index in [1.807, 2.05) is 13.0 Å². The van der Waals surface area contributed by atoms with Crippen LogP contribution in [0.2, 0.25) is 0 Å². The zero-order chi connectivity index (χ0) is 14.3. The SMILES string of the molecule is COC(=O)C[C@@H](C)CC(=O)Nc1ccc(C#N)cc1.